The number of aliphatic hydroxyl groups excluding tert-OH is 1. The van der Waals surface area contributed by atoms with Crippen molar-refractivity contribution in [1.82, 2.24) is 0 Å². The van der Waals surface area contributed by atoms with Crippen molar-refractivity contribution in [2.24, 2.45) is 0 Å². The highest BCUT2D eigenvalue weighted by Crippen LogP contribution is 2.25. The molecule has 0 atom stereocenters. The summed E-state index contributed by atoms with van der Waals surface area (Å²) in [5.41, 5.74) is 0.170. The fourth-order valence-electron chi connectivity index (χ4n) is 1.65. The van der Waals surface area contributed by atoms with Gasteiger partial charge in [-0.2, -0.15) is 0 Å². The number of hydrogen-bond donors (Lipinski definition) is 1. The van der Waals surface area contributed by atoms with E-state index in [1.54, 1.807) is 0 Å². The Morgan fingerprint density at radius 2 is 1.65 bits per heavy atom. The molecule has 0 amide bonds. The second-order valence-electron chi connectivity index (χ2n) is 4.07. The van der Waals surface area contributed by atoms with Crippen molar-refractivity contribution in [2.45, 2.75) is 13.2 Å². The van der Waals surface area contributed by atoms with Gasteiger partial charge in [-0.15, -0.1) is 0 Å². The fraction of sp³-hybridized carbons (Fsp3) is 0.143. The molecule has 0 radical (unpaired) electrons. The summed E-state index contributed by atoms with van der Waals surface area (Å²) < 4.78 is 45.6. The maximum atomic E-state index is 13.6. The molecule has 6 heteroatoms. The lowest BCUT2D eigenvalue weighted by Crippen LogP contribution is -2.03. The molecular formula is C14H10ClF3O2. The standard InChI is InChI=1S/C14H10ClF3O2/c15-10-1-2-11(16)9(5-10)7-20-14-12(17)3-8(6-19)4-13(14)18/h1-5,19H,6-7H2. The molecule has 0 aromatic heterocycles. The van der Waals surface area contributed by atoms with Crippen LogP contribution < -0.4 is 4.74 Å². The second kappa shape index (κ2) is 6.15. The highest BCUT2D eigenvalue weighted by atomic mass is 35.5. The van der Waals surface area contributed by atoms with Crippen LogP contribution in [0, 0.1) is 17.5 Å². The van der Waals surface area contributed by atoms with Crippen molar-refractivity contribution < 1.29 is 23.0 Å². The van der Waals surface area contributed by atoms with Gasteiger partial charge in [0.25, 0.3) is 0 Å². The van der Waals surface area contributed by atoms with Crippen LogP contribution in [0.4, 0.5) is 13.2 Å². The minimum absolute atomic E-state index is 0.0845. The number of ether oxygens (including phenoxy) is 1. The Morgan fingerprint density at radius 1 is 1.00 bits per heavy atom. The van der Waals surface area contributed by atoms with E-state index < -0.39 is 29.8 Å². The van der Waals surface area contributed by atoms with Crippen LogP contribution in [0.5, 0.6) is 5.75 Å². The third kappa shape index (κ3) is 3.23. The van der Waals surface area contributed by atoms with E-state index in [2.05, 4.69) is 0 Å². The van der Waals surface area contributed by atoms with Gasteiger partial charge < -0.3 is 9.84 Å². The molecule has 0 bridgehead atoms. The van der Waals surface area contributed by atoms with Crippen LogP contribution in [-0.2, 0) is 13.2 Å². The lowest BCUT2D eigenvalue weighted by molar-refractivity contribution is 0.263. The topological polar surface area (TPSA) is 29.5 Å². The first kappa shape index (κ1) is 14.7. The van der Waals surface area contributed by atoms with Crippen LogP contribution >= 0.6 is 11.6 Å². The predicted octanol–water partition coefficient (Wildman–Crippen LogP) is 3.83. The third-order valence-electron chi connectivity index (χ3n) is 2.62. The molecule has 0 aliphatic rings. The minimum atomic E-state index is -0.962. The Bertz CT molecular complexity index is 609. The van der Waals surface area contributed by atoms with Gasteiger partial charge in [0.2, 0.25) is 0 Å². The summed E-state index contributed by atoms with van der Waals surface area (Å²) in [7, 11) is 0. The molecule has 0 spiro atoms. The Hall–Kier alpha value is -1.72. The molecular weight excluding hydrogens is 293 g/mol. The molecule has 2 aromatic rings. The van der Waals surface area contributed by atoms with Gasteiger partial charge in [0.15, 0.2) is 17.4 Å². The molecule has 0 fully saturated rings. The summed E-state index contributed by atoms with van der Waals surface area (Å²) in [6, 6.07) is 5.72. The van der Waals surface area contributed by atoms with E-state index in [-0.39, 0.29) is 17.7 Å². The van der Waals surface area contributed by atoms with Gasteiger partial charge in [-0.05, 0) is 35.9 Å². The van der Waals surface area contributed by atoms with Crippen LogP contribution in [0.1, 0.15) is 11.1 Å². The second-order valence-corrected chi connectivity index (χ2v) is 4.51. The van der Waals surface area contributed by atoms with Crippen molar-refractivity contribution >= 4 is 11.6 Å². The van der Waals surface area contributed by atoms with Gasteiger partial charge in [-0.25, -0.2) is 13.2 Å². The highest BCUT2D eigenvalue weighted by Gasteiger charge is 2.14. The summed E-state index contributed by atoms with van der Waals surface area (Å²) in [6.45, 7) is -0.851. The summed E-state index contributed by atoms with van der Waals surface area (Å²) in [5, 5.41) is 9.11. The van der Waals surface area contributed by atoms with Gasteiger partial charge in [0.1, 0.15) is 12.4 Å². The van der Waals surface area contributed by atoms with Gasteiger partial charge >= 0.3 is 0 Å². The molecule has 2 nitrogen and oxygen atoms in total. The van der Waals surface area contributed by atoms with Crippen molar-refractivity contribution in [3.05, 3.63) is 63.9 Å². The summed E-state index contributed by atoms with van der Waals surface area (Å²) in [4.78, 5) is 0. The summed E-state index contributed by atoms with van der Waals surface area (Å²) in [5.74, 6) is -3.13. The zero-order chi connectivity index (χ0) is 14.7. The van der Waals surface area contributed by atoms with Crippen LogP contribution in [0.3, 0.4) is 0 Å². The fourth-order valence-corrected chi connectivity index (χ4v) is 1.84. The lowest BCUT2D eigenvalue weighted by atomic mass is 10.2. The summed E-state index contributed by atoms with van der Waals surface area (Å²) in [6.07, 6.45) is 0. The molecule has 2 aromatic carbocycles. The smallest absolute Gasteiger partial charge is 0.191 e. The quantitative estimate of drug-likeness (QED) is 0.930. The van der Waals surface area contributed by atoms with Gasteiger partial charge in [-0.3, -0.25) is 0 Å². The minimum Gasteiger partial charge on any atom is -0.483 e. The van der Waals surface area contributed by atoms with E-state index in [9.17, 15) is 13.2 Å². The average Bonchev–Trinajstić information content (AvgIpc) is 2.41. The normalized spacial score (nSPS) is 10.7. The SMILES string of the molecule is OCc1cc(F)c(OCc2cc(Cl)ccc2F)c(F)c1. The van der Waals surface area contributed by atoms with E-state index in [1.165, 1.54) is 12.1 Å². The van der Waals surface area contributed by atoms with Gasteiger partial charge in [0, 0.05) is 10.6 Å². The molecule has 1 N–H and O–H groups in total. The van der Waals surface area contributed by atoms with Crippen LogP contribution in [0.25, 0.3) is 0 Å². The first-order valence-electron chi connectivity index (χ1n) is 5.66. The molecule has 0 unspecified atom stereocenters. The summed E-state index contributed by atoms with van der Waals surface area (Å²) >= 11 is 5.70. The molecule has 0 saturated heterocycles. The van der Waals surface area contributed by atoms with Gasteiger partial charge in [-0.1, -0.05) is 11.6 Å². The largest absolute Gasteiger partial charge is 0.483 e. The Morgan fingerprint density at radius 3 is 2.25 bits per heavy atom. The van der Waals surface area contributed by atoms with Crippen LogP contribution in [0.15, 0.2) is 30.3 Å². The number of hydrogen-bond acceptors (Lipinski definition) is 2. The number of halogens is 4. The maximum absolute atomic E-state index is 13.6. The zero-order valence-electron chi connectivity index (χ0n) is 10.2. The number of rotatable bonds is 4. The molecule has 2 rings (SSSR count). The molecule has 0 heterocycles. The third-order valence-corrected chi connectivity index (χ3v) is 2.86. The molecule has 0 aliphatic heterocycles. The van der Waals surface area contributed by atoms with Gasteiger partial charge in [0.05, 0.1) is 6.61 Å². The van der Waals surface area contributed by atoms with Crippen molar-refractivity contribution in [1.29, 1.82) is 0 Å². The molecule has 0 saturated carbocycles. The van der Waals surface area contributed by atoms with E-state index in [4.69, 9.17) is 21.4 Å². The van der Waals surface area contributed by atoms with Crippen LogP contribution in [0.2, 0.25) is 5.02 Å². The maximum Gasteiger partial charge on any atom is 0.191 e. The van der Waals surface area contributed by atoms with E-state index >= 15 is 0 Å². The van der Waals surface area contributed by atoms with E-state index in [0.29, 0.717) is 5.02 Å². The van der Waals surface area contributed by atoms with Crippen molar-refractivity contribution in [3.8, 4) is 5.75 Å². The predicted molar refractivity (Wildman–Crippen MR) is 68.0 cm³/mol. The number of benzene rings is 2. The van der Waals surface area contributed by atoms with Crippen LogP contribution in [-0.4, -0.2) is 5.11 Å². The molecule has 106 valence electrons. The Balaban J connectivity index is 2.21. The number of aliphatic hydroxyl groups is 1. The van der Waals surface area contributed by atoms with Crippen molar-refractivity contribution in [3.63, 3.8) is 0 Å². The Labute approximate surface area is 118 Å². The average molecular weight is 303 g/mol. The van der Waals surface area contributed by atoms with E-state index in [1.807, 2.05) is 0 Å². The van der Waals surface area contributed by atoms with E-state index in [0.717, 1.165) is 18.2 Å². The Kier molecular flexibility index (Phi) is 4.52. The molecule has 0 aliphatic carbocycles. The first-order chi connectivity index (χ1) is 9.51. The first-order valence-corrected chi connectivity index (χ1v) is 6.04. The molecule has 20 heavy (non-hydrogen) atoms. The monoisotopic (exact) mass is 302 g/mol. The zero-order valence-corrected chi connectivity index (χ0v) is 10.9. The lowest BCUT2D eigenvalue weighted by Gasteiger charge is -2.10. The van der Waals surface area contributed by atoms with Crippen molar-refractivity contribution in [2.75, 3.05) is 0 Å². The highest BCUT2D eigenvalue weighted by molar-refractivity contribution is 6.30.